The first kappa shape index (κ1) is 84.4. The first-order chi connectivity index (χ1) is 74.2. The molecule has 14 nitrogen and oxygen atoms in total. The molecule has 33 aromatic rings. The highest BCUT2D eigenvalue weighted by atomic mass is 32.1. The van der Waals surface area contributed by atoms with E-state index in [0.717, 1.165) is 276 Å². The maximum Gasteiger partial charge on any atom is 0.227 e. The van der Waals surface area contributed by atoms with E-state index in [2.05, 4.69) is 312 Å². The van der Waals surface area contributed by atoms with Crippen LogP contribution in [0.5, 0.6) is 0 Å². The molecule has 0 saturated carbocycles. The molecule has 15 heteroatoms. The molecule has 702 valence electrons. The van der Waals surface area contributed by atoms with E-state index < -0.39 is 0 Å². The standard InChI is InChI=1S/2C45H26N2O3.C45H26N2O2S/c1-2-8-29(9-3-1)45-46-38-23-17-28-15-14-27-16-18-30(24-37(27)43(28)44(38)50-45)47(31-19-21-35-33-10-4-6-12-39(33)48-41(35)25-31)32-20-22-36-34-11-5-7-13-40(34)49-42(36)26-32;1-2-8-29(9-3-1)45-46-38-21-17-28-15-14-27-16-18-30(24-35(27)43(28)44(38)50-45)47(31-19-22-41-36(25-31)33-10-4-6-12-39(33)48-41)32-20-23-42-37(26-32)34-11-5-7-13-40(34)49-42;1-2-8-29(9-3-1)45-46-38-22-17-28-15-14-27-16-18-30(24-36(27)43(28)44(38)49-45)47(31-20-23-40-37(25-31)33-10-4-6-12-39(33)48-40)32-19-21-35-34-11-5-7-13-41(34)50-42(35)26-32/h3*1-26H. The Balaban J connectivity index is 0.000000101. The fourth-order valence-electron chi connectivity index (χ4n) is 22.5. The highest BCUT2D eigenvalue weighted by molar-refractivity contribution is 7.25. The van der Waals surface area contributed by atoms with E-state index in [1.54, 1.807) is 0 Å². The van der Waals surface area contributed by atoms with Gasteiger partial charge in [0.1, 0.15) is 72.4 Å². The molecule has 0 unspecified atom stereocenters. The molecule has 0 saturated heterocycles. The van der Waals surface area contributed by atoms with Gasteiger partial charge in [-0.3, -0.25) is 0 Å². The van der Waals surface area contributed by atoms with Crippen molar-refractivity contribution in [3.8, 4) is 34.4 Å². The number of para-hydroxylation sites is 5. The van der Waals surface area contributed by atoms with Gasteiger partial charge in [-0.1, -0.05) is 243 Å². The van der Waals surface area contributed by atoms with Gasteiger partial charge in [0.25, 0.3) is 0 Å². The Kier molecular flexibility index (Phi) is 19.0. The lowest BCUT2D eigenvalue weighted by atomic mass is 10.00. The highest BCUT2D eigenvalue weighted by Crippen LogP contribution is 2.51. The zero-order valence-corrected chi connectivity index (χ0v) is 80.7. The van der Waals surface area contributed by atoms with E-state index in [4.69, 9.17) is 50.3 Å². The van der Waals surface area contributed by atoms with E-state index in [1.165, 1.54) is 20.2 Å². The number of fused-ring (bicyclic) bond motifs is 33. The van der Waals surface area contributed by atoms with Gasteiger partial charge in [-0.15, -0.1) is 11.3 Å². The van der Waals surface area contributed by atoms with Gasteiger partial charge in [0.2, 0.25) is 17.7 Å². The fraction of sp³-hybridized carbons (Fsp3) is 0. The molecule has 0 N–H and O–H groups in total. The number of hydrogen-bond acceptors (Lipinski definition) is 15. The number of nitrogens with zero attached hydrogens (tertiary/aromatic N) is 6. The minimum Gasteiger partial charge on any atom is -0.456 e. The lowest BCUT2D eigenvalue weighted by Crippen LogP contribution is -2.09. The maximum absolute atomic E-state index is 6.57. The Hall–Kier alpha value is -20.1. The summed E-state index contributed by atoms with van der Waals surface area (Å²) in [5.41, 5.74) is 25.6. The molecule has 0 atom stereocenters. The van der Waals surface area contributed by atoms with E-state index in [9.17, 15) is 0 Å². The van der Waals surface area contributed by atoms with Gasteiger partial charge in [0.05, 0.1) is 0 Å². The molecule has 0 aliphatic carbocycles. The quantitative estimate of drug-likeness (QED) is 0.107. The number of hydrogen-bond donors (Lipinski definition) is 0. The summed E-state index contributed by atoms with van der Waals surface area (Å²) >= 11 is 1.83. The van der Waals surface area contributed by atoms with Gasteiger partial charge in [-0.25, -0.2) is 15.0 Å². The van der Waals surface area contributed by atoms with Crippen molar-refractivity contribution < 1.29 is 35.3 Å². The topological polar surface area (TPSA) is 154 Å². The molecule has 9 aromatic heterocycles. The summed E-state index contributed by atoms with van der Waals surface area (Å²) in [6.07, 6.45) is 0. The minimum absolute atomic E-state index is 0.612. The zero-order valence-electron chi connectivity index (χ0n) is 79.9. The Bertz CT molecular complexity index is 11100. The number of anilines is 9. The molecule has 0 bridgehead atoms. The smallest absolute Gasteiger partial charge is 0.227 e. The molecule has 0 aliphatic heterocycles. The third-order valence-corrected chi connectivity index (χ3v) is 30.7. The first-order valence-corrected chi connectivity index (χ1v) is 50.9. The summed E-state index contributed by atoms with van der Waals surface area (Å²) in [5, 5.41) is 26.6. The molecular weight excluding hydrogens is 1870 g/mol. The Morgan fingerprint density at radius 2 is 0.387 bits per heavy atom. The number of thiophene rings is 1. The second-order valence-electron chi connectivity index (χ2n) is 38.3. The molecular formula is C135H78N6O8S. The number of rotatable bonds is 12. The summed E-state index contributed by atoms with van der Waals surface area (Å²) in [7, 11) is 0. The largest absolute Gasteiger partial charge is 0.456 e. The van der Waals surface area contributed by atoms with Gasteiger partial charge >= 0.3 is 0 Å². The molecule has 0 aliphatic rings. The van der Waals surface area contributed by atoms with Gasteiger partial charge in [-0.05, 0) is 267 Å². The first-order valence-electron chi connectivity index (χ1n) is 50.1. The van der Waals surface area contributed by atoms with Crippen LogP contribution >= 0.6 is 11.3 Å². The third kappa shape index (κ3) is 13.9. The molecule has 0 fully saturated rings. The normalized spacial score (nSPS) is 12.0. The van der Waals surface area contributed by atoms with Crippen molar-refractivity contribution in [1.82, 2.24) is 15.0 Å². The molecule has 9 heterocycles. The summed E-state index contributed by atoms with van der Waals surface area (Å²) < 4.78 is 53.7. The van der Waals surface area contributed by atoms with Crippen LogP contribution < -0.4 is 14.7 Å². The van der Waals surface area contributed by atoms with Crippen LogP contribution in [-0.2, 0) is 0 Å². The Labute approximate surface area is 856 Å². The number of aromatic nitrogens is 3. The average molecular weight is 1940 g/mol. The van der Waals surface area contributed by atoms with Gasteiger partial charge < -0.3 is 50.0 Å². The predicted molar refractivity (Wildman–Crippen MR) is 617 cm³/mol. The minimum atomic E-state index is 0.612. The summed E-state index contributed by atoms with van der Waals surface area (Å²) in [6.45, 7) is 0. The second kappa shape index (κ2) is 33.7. The molecule has 150 heavy (non-hydrogen) atoms. The summed E-state index contributed by atoms with van der Waals surface area (Å²) in [4.78, 5) is 21.6. The molecule has 0 amide bonds. The SMILES string of the molecule is c1ccc(-c2nc3ccc4ccc5ccc(N(c6ccc7c(c6)oc6ccccc67)c6ccc7c(c6)oc6ccccc67)cc5c4c3o2)cc1.c1ccc(-c2nc3ccc4ccc5ccc(N(c6ccc7c(c6)sc6ccccc67)c6ccc7oc8ccccc8c7c6)cc5c4c3o2)cc1.c1ccc(-c2nc3ccc4ccc5ccc(N(c6ccc7oc8ccccc8c7c6)c6ccc7oc8ccccc8c7c6)cc5c4c3o2)cc1. The monoisotopic (exact) mass is 1940 g/mol. The van der Waals surface area contributed by atoms with Crippen LogP contribution in [0.3, 0.4) is 0 Å². The lowest BCUT2D eigenvalue weighted by molar-refractivity contribution is 0.623. The molecule has 0 spiro atoms. The van der Waals surface area contributed by atoms with Crippen molar-refractivity contribution in [2.75, 3.05) is 14.7 Å². The second-order valence-corrected chi connectivity index (χ2v) is 39.4. The number of oxazole rings is 3. The van der Waals surface area contributed by atoms with Crippen LogP contribution in [0.25, 0.3) is 262 Å². The van der Waals surface area contributed by atoms with Gasteiger partial charge in [-0.2, -0.15) is 0 Å². The van der Waals surface area contributed by atoms with E-state index >= 15 is 0 Å². The fourth-order valence-corrected chi connectivity index (χ4v) is 23.7. The maximum atomic E-state index is 6.57. The average Bonchev–Trinajstić information content (AvgIpc) is 1.49. The summed E-state index contributed by atoms with van der Waals surface area (Å²) in [6, 6.07) is 165. The zero-order chi connectivity index (χ0) is 98.3. The van der Waals surface area contributed by atoms with Gasteiger partial charge in [0, 0.05) is 170 Å². The van der Waals surface area contributed by atoms with Crippen LogP contribution in [0.15, 0.2) is 509 Å². The number of furan rings is 5. The van der Waals surface area contributed by atoms with Crippen molar-refractivity contribution in [2.24, 2.45) is 0 Å². The van der Waals surface area contributed by atoms with Crippen LogP contribution in [-0.4, -0.2) is 15.0 Å². The molecule has 24 aromatic carbocycles. The summed E-state index contributed by atoms with van der Waals surface area (Å²) in [5.74, 6) is 1.85. The lowest BCUT2D eigenvalue weighted by Gasteiger charge is -2.26. The van der Waals surface area contributed by atoms with E-state index in [0.29, 0.717) is 17.7 Å². The molecule has 0 radical (unpaired) electrons. The van der Waals surface area contributed by atoms with Crippen molar-refractivity contribution in [1.29, 1.82) is 0 Å². The van der Waals surface area contributed by atoms with E-state index in [1.807, 2.05) is 187 Å². The Morgan fingerprint density at radius 3 is 0.740 bits per heavy atom. The Morgan fingerprint density at radius 1 is 0.153 bits per heavy atom. The van der Waals surface area contributed by atoms with Crippen molar-refractivity contribution in [3.05, 3.63) is 473 Å². The highest BCUT2D eigenvalue weighted by Gasteiger charge is 2.27. The van der Waals surface area contributed by atoms with Crippen LogP contribution in [0.4, 0.5) is 51.2 Å². The van der Waals surface area contributed by atoms with E-state index in [-0.39, 0.29) is 0 Å². The molecule has 33 rings (SSSR count). The third-order valence-electron chi connectivity index (χ3n) is 29.6. The van der Waals surface area contributed by atoms with Crippen molar-refractivity contribution in [2.45, 2.75) is 0 Å². The van der Waals surface area contributed by atoms with Crippen LogP contribution in [0.1, 0.15) is 0 Å². The predicted octanol–water partition coefficient (Wildman–Crippen LogP) is 39.7. The van der Waals surface area contributed by atoms with Crippen LogP contribution in [0, 0.1) is 0 Å². The van der Waals surface area contributed by atoms with Crippen molar-refractivity contribution >= 4 is 290 Å². The number of benzene rings is 24. The van der Waals surface area contributed by atoms with Crippen molar-refractivity contribution in [3.63, 3.8) is 0 Å². The van der Waals surface area contributed by atoms with Gasteiger partial charge in [0.15, 0.2) is 16.7 Å². The van der Waals surface area contributed by atoms with Crippen LogP contribution in [0.2, 0.25) is 0 Å².